The van der Waals surface area contributed by atoms with Crippen molar-refractivity contribution in [3.8, 4) is 11.5 Å². The number of halogens is 2. The van der Waals surface area contributed by atoms with Crippen LogP contribution in [0.5, 0.6) is 11.5 Å². The lowest BCUT2D eigenvalue weighted by molar-refractivity contribution is -0.118. The molecule has 1 saturated carbocycles. The highest BCUT2D eigenvalue weighted by Gasteiger charge is 2.47. The number of hydrogen-bond acceptors (Lipinski definition) is 4. The average molecular weight is 382 g/mol. The Morgan fingerprint density at radius 3 is 2.44 bits per heavy atom. The van der Waals surface area contributed by atoms with E-state index in [1.807, 2.05) is 11.8 Å². The second-order valence-corrected chi connectivity index (χ2v) is 7.61. The predicted octanol–water partition coefficient (Wildman–Crippen LogP) is 3.33. The molecule has 5 nitrogen and oxygen atoms in total. The Morgan fingerprint density at radius 2 is 1.89 bits per heavy atom. The fraction of sp³-hybridized carbons (Fsp3) is 0.650. The van der Waals surface area contributed by atoms with Gasteiger partial charge < -0.3 is 19.7 Å². The molecule has 1 N–H and O–H groups in total. The highest BCUT2D eigenvalue weighted by atomic mass is 19.3. The van der Waals surface area contributed by atoms with E-state index in [-0.39, 0.29) is 36.8 Å². The number of carbonyl (C=O) groups is 1. The maximum atomic E-state index is 13.0. The van der Waals surface area contributed by atoms with Crippen LogP contribution in [0.2, 0.25) is 0 Å². The Hall–Kier alpha value is -1.89. The maximum Gasteiger partial charge on any atom is 0.257 e. The SMILES string of the molecule is COc1ccc(C(=O)N2CCC(NC(C)C3CC(F)(F)C3)CC2)c(OC)c1. The molecule has 1 heterocycles. The first kappa shape index (κ1) is 19.9. The third-order valence-corrected chi connectivity index (χ3v) is 5.75. The first-order chi connectivity index (χ1) is 12.8. The van der Waals surface area contributed by atoms with Gasteiger partial charge in [-0.2, -0.15) is 0 Å². The van der Waals surface area contributed by atoms with Crippen molar-refractivity contribution in [1.29, 1.82) is 0 Å². The molecule has 2 aliphatic rings. The first-order valence-corrected chi connectivity index (χ1v) is 9.48. The molecule has 1 atom stereocenters. The van der Waals surface area contributed by atoms with Crippen molar-refractivity contribution < 1.29 is 23.0 Å². The first-order valence-electron chi connectivity index (χ1n) is 9.48. The van der Waals surface area contributed by atoms with E-state index in [0.29, 0.717) is 30.2 Å². The minimum absolute atomic E-state index is 0.0181. The highest BCUT2D eigenvalue weighted by Crippen LogP contribution is 2.44. The second kappa shape index (κ2) is 8.00. The van der Waals surface area contributed by atoms with Crippen molar-refractivity contribution in [3.63, 3.8) is 0 Å². The van der Waals surface area contributed by atoms with E-state index in [2.05, 4.69) is 5.32 Å². The van der Waals surface area contributed by atoms with Gasteiger partial charge in [0.05, 0.1) is 19.8 Å². The van der Waals surface area contributed by atoms with Crippen molar-refractivity contribution in [2.75, 3.05) is 27.3 Å². The fourth-order valence-corrected chi connectivity index (χ4v) is 3.96. The Balaban J connectivity index is 1.52. The summed E-state index contributed by atoms with van der Waals surface area (Å²) in [6, 6.07) is 5.52. The van der Waals surface area contributed by atoms with Gasteiger partial charge in [-0.15, -0.1) is 0 Å². The smallest absolute Gasteiger partial charge is 0.257 e. The highest BCUT2D eigenvalue weighted by molar-refractivity contribution is 5.97. The molecule has 1 saturated heterocycles. The number of rotatable bonds is 6. The van der Waals surface area contributed by atoms with Gasteiger partial charge in [-0.1, -0.05) is 0 Å². The van der Waals surface area contributed by atoms with E-state index in [0.717, 1.165) is 12.8 Å². The molecule has 7 heteroatoms. The minimum Gasteiger partial charge on any atom is -0.497 e. The summed E-state index contributed by atoms with van der Waals surface area (Å²) in [5, 5.41) is 3.48. The van der Waals surface area contributed by atoms with Gasteiger partial charge in [-0.3, -0.25) is 4.79 Å². The summed E-state index contributed by atoms with van der Waals surface area (Å²) in [5.74, 6) is -1.35. The summed E-state index contributed by atoms with van der Waals surface area (Å²) in [7, 11) is 3.10. The molecule has 3 rings (SSSR count). The summed E-state index contributed by atoms with van der Waals surface area (Å²) in [6.45, 7) is 3.26. The summed E-state index contributed by atoms with van der Waals surface area (Å²) >= 11 is 0. The van der Waals surface area contributed by atoms with Crippen molar-refractivity contribution in [3.05, 3.63) is 23.8 Å². The Bertz CT molecular complexity index is 667. The molecular weight excluding hydrogens is 354 g/mol. The Labute approximate surface area is 159 Å². The van der Waals surface area contributed by atoms with Crippen molar-refractivity contribution in [1.82, 2.24) is 10.2 Å². The van der Waals surface area contributed by atoms with Gasteiger partial charge in [0.2, 0.25) is 5.92 Å². The van der Waals surface area contributed by atoms with Crippen LogP contribution < -0.4 is 14.8 Å². The topological polar surface area (TPSA) is 50.8 Å². The molecule has 27 heavy (non-hydrogen) atoms. The predicted molar refractivity (Wildman–Crippen MR) is 98.7 cm³/mol. The van der Waals surface area contributed by atoms with Crippen LogP contribution in [0.1, 0.15) is 43.0 Å². The number of methoxy groups -OCH3 is 2. The van der Waals surface area contributed by atoms with Crippen LogP contribution in [-0.2, 0) is 0 Å². The number of nitrogens with one attached hydrogen (secondary N) is 1. The zero-order valence-corrected chi connectivity index (χ0v) is 16.1. The molecule has 1 amide bonds. The van der Waals surface area contributed by atoms with Crippen LogP contribution in [0, 0.1) is 5.92 Å². The van der Waals surface area contributed by atoms with Crippen molar-refractivity contribution in [2.24, 2.45) is 5.92 Å². The molecule has 1 aliphatic heterocycles. The molecule has 0 aromatic heterocycles. The maximum absolute atomic E-state index is 13.0. The van der Waals surface area contributed by atoms with E-state index < -0.39 is 5.92 Å². The van der Waals surface area contributed by atoms with Crippen molar-refractivity contribution >= 4 is 5.91 Å². The number of carbonyl (C=O) groups excluding carboxylic acids is 1. The van der Waals surface area contributed by atoms with E-state index in [9.17, 15) is 13.6 Å². The normalized spacial score (nSPS) is 21.4. The van der Waals surface area contributed by atoms with Gasteiger partial charge in [-0.25, -0.2) is 8.78 Å². The van der Waals surface area contributed by atoms with E-state index in [4.69, 9.17) is 9.47 Å². The largest absolute Gasteiger partial charge is 0.497 e. The van der Waals surface area contributed by atoms with Crippen LogP contribution in [0.3, 0.4) is 0 Å². The van der Waals surface area contributed by atoms with E-state index in [1.165, 1.54) is 7.11 Å². The molecule has 0 radical (unpaired) electrons. The summed E-state index contributed by atoms with van der Waals surface area (Å²) < 4.78 is 36.6. The van der Waals surface area contributed by atoms with Gasteiger partial charge in [0.1, 0.15) is 11.5 Å². The summed E-state index contributed by atoms with van der Waals surface area (Å²) in [5.41, 5.74) is 0.523. The number of nitrogens with zero attached hydrogens (tertiary/aromatic N) is 1. The third-order valence-electron chi connectivity index (χ3n) is 5.75. The average Bonchev–Trinajstić information content (AvgIpc) is 2.65. The molecule has 2 fully saturated rings. The Kier molecular flexibility index (Phi) is 5.89. The van der Waals surface area contributed by atoms with E-state index in [1.54, 1.807) is 25.3 Å². The summed E-state index contributed by atoms with van der Waals surface area (Å²) in [4.78, 5) is 14.7. The Morgan fingerprint density at radius 1 is 1.22 bits per heavy atom. The quantitative estimate of drug-likeness (QED) is 0.820. The molecule has 1 unspecified atom stereocenters. The number of benzene rings is 1. The van der Waals surface area contributed by atoms with E-state index >= 15 is 0 Å². The van der Waals surface area contributed by atoms with Gasteiger partial charge in [-0.05, 0) is 37.8 Å². The fourth-order valence-electron chi connectivity index (χ4n) is 3.96. The third kappa shape index (κ3) is 4.51. The molecule has 0 bridgehead atoms. The van der Waals surface area contributed by atoms with Crippen LogP contribution in [0.4, 0.5) is 8.78 Å². The number of likely N-dealkylation sites (tertiary alicyclic amines) is 1. The zero-order valence-electron chi connectivity index (χ0n) is 16.1. The number of piperidine rings is 1. The number of hydrogen-bond donors (Lipinski definition) is 1. The van der Waals surface area contributed by atoms with Crippen LogP contribution in [-0.4, -0.2) is 56.1 Å². The molecule has 1 aromatic rings. The van der Waals surface area contributed by atoms with Crippen LogP contribution in [0.15, 0.2) is 18.2 Å². The monoisotopic (exact) mass is 382 g/mol. The lowest BCUT2D eigenvalue weighted by Crippen LogP contribution is -2.52. The van der Waals surface area contributed by atoms with Gasteiger partial charge in [0, 0.05) is 44.1 Å². The standard InChI is InChI=1S/C20H28F2N2O3/c1-13(14-11-20(21,22)12-14)23-15-6-8-24(9-7-15)19(25)17-5-4-16(26-2)10-18(17)27-3/h4-5,10,13-15,23H,6-9,11-12H2,1-3H3. The van der Waals surface area contributed by atoms with Gasteiger partial charge in [0.15, 0.2) is 0 Å². The number of alkyl halides is 2. The van der Waals surface area contributed by atoms with Crippen LogP contribution in [0.25, 0.3) is 0 Å². The molecule has 1 aliphatic carbocycles. The number of amides is 1. The van der Waals surface area contributed by atoms with Crippen LogP contribution >= 0.6 is 0 Å². The molecule has 0 spiro atoms. The molecular formula is C20H28F2N2O3. The van der Waals surface area contributed by atoms with Crippen molar-refractivity contribution in [2.45, 2.75) is 50.6 Å². The molecule has 150 valence electrons. The summed E-state index contributed by atoms with van der Waals surface area (Å²) in [6.07, 6.45) is 1.60. The zero-order chi connectivity index (χ0) is 19.6. The lowest BCUT2D eigenvalue weighted by atomic mass is 9.76. The second-order valence-electron chi connectivity index (χ2n) is 7.61. The number of ether oxygens (including phenoxy) is 2. The molecule has 1 aromatic carbocycles. The lowest BCUT2D eigenvalue weighted by Gasteiger charge is -2.41. The van der Waals surface area contributed by atoms with Gasteiger partial charge >= 0.3 is 0 Å². The van der Waals surface area contributed by atoms with Gasteiger partial charge in [0.25, 0.3) is 5.91 Å². The minimum atomic E-state index is -2.48.